The largest absolute Gasteiger partial charge is 0.479 e. The van der Waals surface area contributed by atoms with Crippen molar-refractivity contribution in [3.05, 3.63) is 48.3 Å². The molecule has 0 unspecified atom stereocenters. The van der Waals surface area contributed by atoms with E-state index in [1.54, 1.807) is 25.8 Å². The van der Waals surface area contributed by atoms with Crippen molar-refractivity contribution in [2.24, 2.45) is 5.14 Å². The van der Waals surface area contributed by atoms with Gasteiger partial charge in [-0.25, -0.2) is 14.3 Å². The van der Waals surface area contributed by atoms with Gasteiger partial charge in [0.15, 0.2) is 5.52 Å². The smallest absolute Gasteiger partial charge is 0.242 e. The van der Waals surface area contributed by atoms with Crippen molar-refractivity contribution < 1.29 is 9.47 Å². The predicted molar refractivity (Wildman–Crippen MR) is 132 cm³/mol. The minimum atomic E-state index is 0.503. The summed E-state index contributed by atoms with van der Waals surface area (Å²) >= 11 is 4.83. The van der Waals surface area contributed by atoms with Gasteiger partial charge in [-0.15, -0.1) is 0 Å². The Morgan fingerprint density at radius 2 is 1.74 bits per heavy atom. The van der Waals surface area contributed by atoms with Crippen LogP contribution in [0.25, 0.3) is 22.3 Å². The molecule has 168 valence electrons. The van der Waals surface area contributed by atoms with Gasteiger partial charge in [-0.05, 0) is 23.8 Å². The number of nitrogens with zero attached hydrogens (tertiary/aromatic N) is 4. The van der Waals surface area contributed by atoms with E-state index in [0.29, 0.717) is 17.3 Å². The van der Waals surface area contributed by atoms with E-state index in [-0.39, 0.29) is 0 Å². The van der Waals surface area contributed by atoms with E-state index in [4.69, 9.17) is 14.6 Å². The quantitative estimate of drug-likeness (QED) is 0.441. The van der Waals surface area contributed by atoms with Crippen LogP contribution >= 0.6 is 24.8 Å². The van der Waals surface area contributed by atoms with Crippen LogP contribution in [0.4, 0.5) is 0 Å². The molecule has 2 N–H and O–H groups in total. The van der Waals surface area contributed by atoms with Gasteiger partial charge in [0, 0.05) is 43.2 Å². The number of nitrogens with two attached hydrogens (primary N) is 1. The molecule has 0 bridgehead atoms. The lowest BCUT2D eigenvalue weighted by atomic mass is 10.0. The average Bonchev–Trinajstić information content (AvgIpc) is 2.85. The van der Waals surface area contributed by atoms with Crippen LogP contribution in [0.15, 0.2) is 42.7 Å². The van der Waals surface area contributed by atoms with E-state index < -0.39 is 0 Å². The summed E-state index contributed by atoms with van der Waals surface area (Å²) in [5.74, 6) is 1.02. The van der Waals surface area contributed by atoms with Gasteiger partial charge in [0.2, 0.25) is 5.88 Å². The van der Waals surface area contributed by atoms with Crippen molar-refractivity contribution >= 4 is 35.8 Å². The molecule has 7 nitrogen and oxygen atoms in total. The predicted octanol–water partition coefficient (Wildman–Crippen LogP) is 4.21. The fraction of sp³-hybridized carbons (Fsp3) is 0.409. The third kappa shape index (κ3) is 7.33. The standard InChI is InChI=1S/C17H17N3O.C4H10N2OS.CH4S/c1-11(2)12-4-6-13(7-5-12)14-10-15-16(17(20-14)21-3)19-9-8-18-15;5-8-6-1-3-7-4-2-6;1-2/h4-11H,1-3H3;1-5H2;2H,1H3. The molecule has 0 saturated carbocycles. The molecule has 2 aromatic heterocycles. The van der Waals surface area contributed by atoms with Gasteiger partial charge in [0.1, 0.15) is 0 Å². The van der Waals surface area contributed by atoms with Gasteiger partial charge in [-0.3, -0.25) is 10.1 Å². The summed E-state index contributed by atoms with van der Waals surface area (Å²) < 4.78 is 12.5. The van der Waals surface area contributed by atoms with E-state index in [1.807, 2.05) is 6.07 Å². The molecule has 3 aromatic rings. The molecule has 1 fully saturated rings. The maximum absolute atomic E-state index is 5.34. The van der Waals surface area contributed by atoms with E-state index in [0.717, 1.165) is 43.1 Å². The molecule has 1 aliphatic rings. The second-order valence-corrected chi connectivity index (χ2v) is 7.59. The number of fused-ring (bicyclic) bond motifs is 1. The lowest BCUT2D eigenvalue weighted by Crippen LogP contribution is -2.32. The van der Waals surface area contributed by atoms with Crippen molar-refractivity contribution in [1.82, 2.24) is 19.3 Å². The number of methoxy groups -OCH3 is 1. The molecule has 3 heterocycles. The molecule has 1 aliphatic heterocycles. The second-order valence-electron chi connectivity index (χ2n) is 6.86. The third-order valence-electron chi connectivity index (χ3n) is 4.61. The average molecular weight is 462 g/mol. The molecule has 9 heteroatoms. The van der Waals surface area contributed by atoms with Gasteiger partial charge in [0.25, 0.3) is 0 Å². The Labute approximate surface area is 194 Å². The number of ether oxygens (including phenoxy) is 2. The number of morpholine rings is 1. The summed E-state index contributed by atoms with van der Waals surface area (Å²) in [6, 6.07) is 10.4. The number of rotatable bonds is 4. The van der Waals surface area contributed by atoms with Gasteiger partial charge in [-0.2, -0.15) is 12.6 Å². The summed E-state index contributed by atoms with van der Waals surface area (Å²) in [6.07, 6.45) is 5.01. The Balaban J connectivity index is 0.000000286. The number of hydrogen-bond acceptors (Lipinski definition) is 9. The molecule has 0 radical (unpaired) electrons. The lowest BCUT2D eigenvalue weighted by Gasteiger charge is -2.22. The van der Waals surface area contributed by atoms with E-state index in [9.17, 15) is 0 Å². The van der Waals surface area contributed by atoms with Crippen molar-refractivity contribution in [3.63, 3.8) is 0 Å². The van der Waals surface area contributed by atoms with Crippen LogP contribution < -0.4 is 9.88 Å². The van der Waals surface area contributed by atoms with Crippen molar-refractivity contribution in [3.8, 4) is 17.1 Å². The molecule has 31 heavy (non-hydrogen) atoms. The normalized spacial score (nSPS) is 13.8. The zero-order valence-electron chi connectivity index (χ0n) is 18.5. The number of pyridine rings is 1. The fourth-order valence-electron chi connectivity index (χ4n) is 2.92. The molecule has 0 atom stereocenters. The highest BCUT2D eigenvalue weighted by Gasteiger charge is 2.10. The van der Waals surface area contributed by atoms with E-state index >= 15 is 0 Å². The molecular weight excluding hydrogens is 430 g/mol. The Kier molecular flexibility index (Phi) is 11.0. The van der Waals surface area contributed by atoms with Crippen LogP contribution in [0.2, 0.25) is 0 Å². The number of aromatic nitrogens is 3. The van der Waals surface area contributed by atoms with Crippen LogP contribution in [0.1, 0.15) is 25.3 Å². The van der Waals surface area contributed by atoms with Gasteiger partial charge >= 0.3 is 0 Å². The van der Waals surface area contributed by atoms with Crippen molar-refractivity contribution in [2.45, 2.75) is 19.8 Å². The molecule has 1 aromatic carbocycles. The highest BCUT2D eigenvalue weighted by Crippen LogP contribution is 2.27. The summed E-state index contributed by atoms with van der Waals surface area (Å²) in [7, 11) is 1.60. The van der Waals surface area contributed by atoms with Crippen LogP contribution in [0, 0.1) is 0 Å². The first-order valence-corrected chi connectivity index (χ1v) is 11.8. The van der Waals surface area contributed by atoms with Crippen LogP contribution in [0.3, 0.4) is 0 Å². The summed E-state index contributed by atoms with van der Waals surface area (Å²) in [4.78, 5) is 13.2. The molecule has 1 saturated heterocycles. The SMILES string of the molecule is COc1nc(-c2ccc(C(C)C)cc2)cc2nccnc12.CS.NSN1CCOCC1. The zero-order chi connectivity index (χ0) is 22.6. The summed E-state index contributed by atoms with van der Waals surface area (Å²) in [5.41, 5.74) is 4.67. The Morgan fingerprint density at radius 3 is 2.29 bits per heavy atom. The first kappa shape index (κ1) is 25.4. The van der Waals surface area contributed by atoms with Gasteiger partial charge in [-0.1, -0.05) is 38.1 Å². The number of benzene rings is 1. The molecular formula is C22H31N5O2S2. The van der Waals surface area contributed by atoms with E-state index in [1.165, 1.54) is 17.7 Å². The Hall–Kier alpha value is -1.91. The molecule has 4 rings (SSSR count). The fourth-order valence-corrected chi connectivity index (χ4v) is 3.28. The first-order valence-electron chi connectivity index (χ1n) is 10.0. The monoisotopic (exact) mass is 461 g/mol. The molecule has 0 amide bonds. The van der Waals surface area contributed by atoms with Crippen LogP contribution in [0.5, 0.6) is 5.88 Å². The Bertz CT molecular complexity index is 919. The van der Waals surface area contributed by atoms with E-state index in [2.05, 4.69) is 70.0 Å². The minimum Gasteiger partial charge on any atom is -0.479 e. The summed E-state index contributed by atoms with van der Waals surface area (Å²) in [6.45, 7) is 7.93. The summed E-state index contributed by atoms with van der Waals surface area (Å²) in [5, 5.41) is 5.29. The van der Waals surface area contributed by atoms with Crippen molar-refractivity contribution in [2.75, 3.05) is 39.7 Å². The maximum Gasteiger partial charge on any atom is 0.242 e. The van der Waals surface area contributed by atoms with Crippen LogP contribution in [-0.4, -0.2) is 58.9 Å². The lowest BCUT2D eigenvalue weighted by molar-refractivity contribution is 0.0773. The number of thiol groups is 1. The first-order chi connectivity index (χ1) is 15.1. The minimum absolute atomic E-state index is 0.503. The maximum atomic E-state index is 5.34. The van der Waals surface area contributed by atoms with Gasteiger partial charge in [0.05, 0.1) is 31.5 Å². The van der Waals surface area contributed by atoms with Gasteiger partial charge < -0.3 is 9.47 Å². The van der Waals surface area contributed by atoms with Crippen LogP contribution in [-0.2, 0) is 4.74 Å². The number of hydrogen-bond donors (Lipinski definition) is 2. The topological polar surface area (TPSA) is 86.4 Å². The third-order valence-corrected chi connectivity index (χ3v) is 5.27. The molecule has 0 aliphatic carbocycles. The highest BCUT2D eigenvalue weighted by molar-refractivity contribution is 7.94. The second kappa shape index (κ2) is 13.5. The highest BCUT2D eigenvalue weighted by atomic mass is 32.2. The van der Waals surface area contributed by atoms with Crippen molar-refractivity contribution in [1.29, 1.82) is 0 Å². The zero-order valence-corrected chi connectivity index (χ0v) is 20.2. The molecule has 0 spiro atoms. The Morgan fingerprint density at radius 1 is 1.10 bits per heavy atom.